The number of rotatable bonds is 0. The fourth-order valence-electron chi connectivity index (χ4n) is 1.41. The van der Waals surface area contributed by atoms with Gasteiger partial charge in [-0.05, 0) is 23.6 Å². The molecule has 0 spiro atoms. The average Bonchev–Trinajstić information content (AvgIpc) is 2.52. The smallest absolute Gasteiger partial charge is 0.138 e. The SMILES string of the molecule is C1=Cc2cnc3cccc(n23)S1. The van der Waals surface area contributed by atoms with Gasteiger partial charge < -0.3 is 0 Å². The molecule has 0 radical (unpaired) electrons. The van der Waals surface area contributed by atoms with Crippen LogP contribution < -0.4 is 0 Å². The fourth-order valence-corrected chi connectivity index (χ4v) is 2.22. The molecule has 1 aliphatic rings. The van der Waals surface area contributed by atoms with Gasteiger partial charge in [-0.2, -0.15) is 0 Å². The molecule has 0 bridgehead atoms. The molecule has 0 aromatic carbocycles. The maximum Gasteiger partial charge on any atom is 0.138 e. The number of nitrogens with zero attached hydrogens (tertiary/aromatic N) is 2. The van der Waals surface area contributed by atoms with E-state index < -0.39 is 0 Å². The molecular weight excluding hydrogens is 168 g/mol. The summed E-state index contributed by atoms with van der Waals surface area (Å²) in [5.41, 5.74) is 2.19. The molecule has 0 N–H and O–H groups in total. The lowest BCUT2D eigenvalue weighted by molar-refractivity contribution is 1.01. The van der Waals surface area contributed by atoms with Gasteiger partial charge in [0.05, 0.1) is 16.9 Å². The van der Waals surface area contributed by atoms with Crippen LogP contribution in [0.25, 0.3) is 11.7 Å². The molecule has 0 amide bonds. The number of thioether (sulfide) groups is 1. The summed E-state index contributed by atoms with van der Waals surface area (Å²) in [4.78, 5) is 4.29. The molecular formula is C9H6N2S. The summed E-state index contributed by atoms with van der Waals surface area (Å²) in [6, 6.07) is 6.16. The predicted octanol–water partition coefficient (Wildman–Crippen LogP) is 2.41. The van der Waals surface area contributed by atoms with E-state index in [2.05, 4.69) is 26.9 Å². The Labute approximate surface area is 73.9 Å². The first kappa shape index (κ1) is 6.31. The van der Waals surface area contributed by atoms with Crippen molar-refractivity contribution in [2.75, 3.05) is 0 Å². The third-order valence-electron chi connectivity index (χ3n) is 1.95. The minimum Gasteiger partial charge on any atom is -0.287 e. The zero-order chi connectivity index (χ0) is 7.97. The van der Waals surface area contributed by atoms with Crippen molar-refractivity contribution in [1.82, 2.24) is 9.38 Å². The quantitative estimate of drug-likeness (QED) is 0.610. The molecule has 12 heavy (non-hydrogen) atoms. The maximum atomic E-state index is 4.29. The van der Waals surface area contributed by atoms with Crippen LogP contribution in [0.2, 0.25) is 0 Å². The zero-order valence-electron chi connectivity index (χ0n) is 6.27. The van der Waals surface area contributed by atoms with Crippen LogP contribution >= 0.6 is 11.8 Å². The van der Waals surface area contributed by atoms with Crippen LogP contribution in [0.5, 0.6) is 0 Å². The number of hydrogen-bond acceptors (Lipinski definition) is 2. The highest BCUT2D eigenvalue weighted by Gasteiger charge is 2.07. The lowest BCUT2D eigenvalue weighted by atomic mass is 10.4. The summed E-state index contributed by atoms with van der Waals surface area (Å²) in [7, 11) is 0. The fraction of sp³-hybridized carbons (Fsp3) is 0. The highest BCUT2D eigenvalue weighted by Crippen LogP contribution is 2.27. The molecule has 58 valence electrons. The molecule has 1 aliphatic heterocycles. The van der Waals surface area contributed by atoms with Crippen molar-refractivity contribution in [3.05, 3.63) is 35.5 Å². The normalized spacial score (nSPS) is 14.0. The van der Waals surface area contributed by atoms with Crippen LogP contribution in [0, 0.1) is 0 Å². The van der Waals surface area contributed by atoms with E-state index in [1.807, 2.05) is 18.3 Å². The Balaban J connectivity index is 2.57. The van der Waals surface area contributed by atoms with E-state index in [0.29, 0.717) is 0 Å². The Hall–Kier alpha value is -1.22. The lowest BCUT2D eigenvalue weighted by Crippen LogP contribution is -1.93. The minimum atomic E-state index is 1.03. The largest absolute Gasteiger partial charge is 0.287 e. The highest BCUT2D eigenvalue weighted by atomic mass is 32.2. The second kappa shape index (κ2) is 2.14. The van der Waals surface area contributed by atoms with Crippen molar-refractivity contribution in [1.29, 1.82) is 0 Å². The van der Waals surface area contributed by atoms with Crippen LogP contribution in [-0.2, 0) is 0 Å². The summed E-state index contributed by atoms with van der Waals surface area (Å²) < 4.78 is 2.16. The molecule has 3 heterocycles. The van der Waals surface area contributed by atoms with Crippen molar-refractivity contribution in [2.45, 2.75) is 5.03 Å². The number of pyridine rings is 1. The van der Waals surface area contributed by atoms with Gasteiger partial charge in [0.25, 0.3) is 0 Å². The van der Waals surface area contributed by atoms with Crippen molar-refractivity contribution >= 4 is 23.5 Å². The van der Waals surface area contributed by atoms with Gasteiger partial charge in [0.15, 0.2) is 0 Å². The molecule has 3 rings (SSSR count). The van der Waals surface area contributed by atoms with E-state index in [-0.39, 0.29) is 0 Å². The summed E-state index contributed by atoms with van der Waals surface area (Å²) in [6.07, 6.45) is 3.98. The van der Waals surface area contributed by atoms with Crippen LogP contribution in [0.4, 0.5) is 0 Å². The van der Waals surface area contributed by atoms with Gasteiger partial charge in [-0.15, -0.1) is 0 Å². The minimum absolute atomic E-state index is 1.03. The predicted molar refractivity (Wildman–Crippen MR) is 50.1 cm³/mol. The monoisotopic (exact) mass is 174 g/mol. The lowest BCUT2D eigenvalue weighted by Gasteiger charge is -2.07. The van der Waals surface area contributed by atoms with Crippen LogP contribution in [0.1, 0.15) is 5.69 Å². The first-order valence-corrected chi connectivity index (χ1v) is 4.63. The topological polar surface area (TPSA) is 17.3 Å². The molecule has 0 saturated heterocycles. The van der Waals surface area contributed by atoms with Gasteiger partial charge in [0, 0.05) is 0 Å². The van der Waals surface area contributed by atoms with E-state index in [4.69, 9.17) is 0 Å². The first-order chi connectivity index (χ1) is 5.95. The van der Waals surface area contributed by atoms with Gasteiger partial charge in [0.2, 0.25) is 0 Å². The molecule has 2 nitrogen and oxygen atoms in total. The van der Waals surface area contributed by atoms with E-state index >= 15 is 0 Å². The van der Waals surface area contributed by atoms with Crippen molar-refractivity contribution < 1.29 is 0 Å². The van der Waals surface area contributed by atoms with Gasteiger partial charge in [0.1, 0.15) is 5.65 Å². The molecule has 2 aromatic heterocycles. The van der Waals surface area contributed by atoms with E-state index in [1.54, 1.807) is 11.8 Å². The van der Waals surface area contributed by atoms with Gasteiger partial charge >= 0.3 is 0 Å². The number of aromatic nitrogens is 2. The molecule has 2 aromatic rings. The van der Waals surface area contributed by atoms with Crippen LogP contribution in [0.15, 0.2) is 34.8 Å². The third kappa shape index (κ3) is 0.689. The van der Waals surface area contributed by atoms with E-state index in [0.717, 1.165) is 5.65 Å². The van der Waals surface area contributed by atoms with Crippen LogP contribution in [-0.4, -0.2) is 9.38 Å². The Kier molecular flexibility index (Phi) is 1.12. The Morgan fingerprint density at radius 2 is 2.33 bits per heavy atom. The summed E-state index contributed by atoms with van der Waals surface area (Å²) in [5.74, 6) is 0. The molecule has 0 unspecified atom stereocenters. The maximum absolute atomic E-state index is 4.29. The summed E-state index contributed by atoms with van der Waals surface area (Å²) in [5, 5.41) is 3.33. The zero-order valence-corrected chi connectivity index (χ0v) is 7.08. The summed E-state index contributed by atoms with van der Waals surface area (Å²) >= 11 is 1.73. The van der Waals surface area contributed by atoms with Gasteiger partial charge in [-0.3, -0.25) is 4.40 Å². The molecule has 0 fully saturated rings. The first-order valence-electron chi connectivity index (χ1n) is 3.75. The molecule has 0 aliphatic carbocycles. The van der Waals surface area contributed by atoms with Gasteiger partial charge in [-0.1, -0.05) is 17.8 Å². The molecule has 0 atom stereocenters. The third-order valence-corrected chi connectivity index (χ3v) is 2.78. The van der Waals surface area contributed by atoms with Gasteiger partial charge in [-0.25, -0.2) is 4.98 Å². The Bertz CT molecular complexity index is 470. The number of imidazole rings is 1. The number of hydrogen-bond donors (Lipinski definition) is 0. The Morgan fingerprint density at radius 3 is 3.33 bits per heavy atom. The molecule has 3 heteroatoms. The second-order valence-corrected chi connectivity index (χ2v) is 3.59. The summed E-state index contributed by atoms with van der Waals surface area (Å²) in [6.45, 7) is 0. The Morgan fingerprint density at radius 1 is 1.33 bits per heavy atom. The standard InChI is InChI=1S/C9H6N2S/c1-2-8-10-6-7-4-5-12-9(3-1)11(7)8/h1-6H. The highest BCUT2D eigenvalue weighted by molar-refractivity contribution is 8.02. The van der Waals surface area contributed by atoms with E-state index in [9.17, 15) is 0 Å². The van der Waals surface area contributed by atoms with Crippen molar-refractivity contribution in [3.63, 3.8) is 0 Å². The van der Waals surface area contributed by atoms with E-state index in [1.165, 1.54) is 10.7 Å². The van der Waals surface area contributed by atoms with Crippen molar-refractivity contribution in [2.24, 2.45) is 0 Å². The average molecular weight is 174 g/mol. The second-order valence-electron chi connectivity index (χ2n) is 2.66. The van der Waals surface area contributed by atoms with Crippen LogP contribution in [0.3, 0.4) is 0 Å². The van der Waals surface area contributed by atoms with Crippen molar-refractivity contribution in [3.8, 4) is 0 Å². The molecule has 0 saturated carbocycles.